The van der Waals surface area contributed by atoms with Gasteiger partial charge in [0.1, 0.15) is 12.4 Å². The van der Waals surface area contributed by atoms with Crippen molar-refractivity contribution in [2.45, 2.75) is 25.6 Å². The van der Waals surface area contributed by atoms with Gasteiger partial charge in [-0.3, -0.25) is 4.90 Å². The first kappa shape index (κ1) is 25.0. The van der Waals surface area contributed by atoms with Crippen LogP contribution in [0.25, 0.3) is 6.08 Å². The molecule has 0 amide bonds. The Labute approximate surface area is 209 Å². The Morgan fingerprint density at radius 2 is 1.57 bits per heavy atom. The van der Waals surface area contributed by atoms with E-state index in [1.165, 1.54) is 22.4 Å². The SMILES string of the molecule is C1=Cc2[nH]ccc2CC=C1OCc1ccccc1.CN1CCN(CC(O)Cc2ccccc2)CC1. The molecular formula is C30H37N3O2. The first-order valence-corrected chi connectivity index (χ1v) is 12.5. The highest BCUT2D eigenvalue weighted by Gasteiger charge is 2.17. The summed E-state index contributed by atoms with van der Waals surface area (Å²) in [6.45, 7) is 5.77. The van der Waals surface area contributed by atoms with Gasteiger partial charge in [-0.15, -0.1) is 0 Å². The van der Waals surface area contributed by atoms with Crippen molar-refractivity contribution in [2.24, 2.45) is 0 Å². The Morgan fingerprint density at radius 3 is 2.29 bits per heavy atom. The predicted octanol–water partition coefficient (Wildman–Crippen LogP) is 4.52. The summed E-state index contributed by atoms with van der Waals surface area (Å²) in [5, 5.41) is 10.1. The lowest BCUT2D eigenvalue weighted by Crippen LogP contribution is -2.47. The van der Waals surface area contributed by atoms with Crippen molar-refractivity contribution in [1.82, 2.24) is 14.8 Å². The van der Waals surface area contributed by atoms with Gasteiger partial charge in [0.2, 0.25) is 0 Å². The highest BCUT2D eigenvalue weighted by molar-refractivity contribution is 5.55. The molecule has 2 heterocycles. The number of H-pyrrole nitrogens is 1. The number of allylic oxidation sites excluding steroid dienone is 2. The standard InChI is InChI=1S/C16H15NO.C14H22N2O/c1-2-4-13(5-3-1)12-18-15-7-6-14-10-11-17-16(14)9-8-15;1-15-7-9-16(10-8-15)12-14(17)11-13-5-3-2-4-6-13/h1-5,7-11,17H,6,12H2;2-6,14,17H,7-12H2,1H3. The number of ether oxygens (including phenoxy) is 1. The summed E-state index contributed by atoms with van der Waals surface area (Å²) in [4.78, 5) is 7.90. The molecule has 2 aliphatic rings. The van der Waals surface area contributed by atoms with Gasteiger partial charge in [-0.1, -0.05) is 60.7 Å². The van der Waals surface area contributed by atoms with Gasteiger partial charge in [-0.05, 0) is 60.9 Å². The fraction of sp³-hybridized carbons (Fsp3) is 0.333. The van der Waals surface area contributed by atoms with Crippen LogP contribution in [0.15, 0.2) is 90.8 Å². The van der Waals surface area contributed by atoms with Crippen LogP contribution < -0.4 is 0 Å². The summed E-state index contributed by atoms with van der Waals surface area (Å²) >= 11 is 0. The summed E-state index contributed by atoms with van der Waals surface area (Å²) in [5.74, 6) is 0.934. The largest absolute Gasteiger partial charge is 0.489 e. The number of hydrogen-bond donors (Lipinski definition) is 2. The van der Waals surface area contributed by atoms with Crippen LogP contribution in [-0.2, 0) is 24.2 Å². The molecule has 1 atom stereocenters. The monoisotopic (exact) mass is 471 g/mol. The van der Waals surface area contributed by atoms with Gasteiger partial charge in [0, 0.05) is 44.6 Å². The molecule has 1 aliphatic carbocycles. The smallest absolute Gasteiger partial charge is 0.116 e. The minimum atomic E-state index is -0.249. The van der Waals surface area contributed by atoms with Crippen LogP contribution in [0.1, 0.15) is 22.4 Å². The fourth-order valence-electron chi connectivity index (χ4n) is 4.32. The Balaban J connectivity index is 0.000000165. The van der Waals surface area contributed by atoms with Gasteiger partial charge in [0.15, 0.2) is 0 Å². The third-order valence-corrected chi connectivity index (χ3v) is 6.43. The van der Waals surface area contributed by atoms with E-state index in [1.807, 2.05) is 48.7 Å². The number of β-amino-alcohol motifs (C(OH)–C–C–N with tert-alkyl or cyclic N) is 1. The van der Waals surface area contributed by atoms with Gasteiger partial charge in [0.05, 0.1) is 6.10 Å². The summed E-state index contributed by atoms with van der Waals surface area (Å²) < 4.78 is 5.81. The number of aliphatic hydroxyl groups is 1. The molecular weight excluding hydrogens is 434 g/mol. The first-order valence-electron chi connectivity index (χ1n) is 12.5. The highest BCUT2D eigenvalue weighted by Crippen LogP contribution is 2.18. The number of aromatic nitrogens is 1. The van der Waals surface area contributed by atoms with Crippen molar-refractivity contribution in [3.8, 4) is 0 Å². The Kier molecular flexibility index (Phi) is 9.35. The Bertz CT molecular complexity index is 1070. The second kappa shape index (κ2) is 13.1. The molecule has 5 heteroatoms. The highest BCUT2D eigenvalue weighted by atomic mass is 16.5. The maximum Gasteiger partial charge on any atom is 0.116 e. The number of piperazine rings is 1. The van der Waals surface area contributed by atoms with Crippen LogP contribution >= 0.6 is 0 Å². The number of nitrogens with zero attached hydrogens (tertiary/aromatic N) is 2. The third-order valence-electron chi connectivity index (χ3n) is 6.43. The minimum Gasteiger partial charge on any atom is -0.489 e. The van der Waals surface area contributed by atoms with Crippen molar-refractivity contribution in [3.63, 3.8) is 0 Å². The van der Waals surface area contributed by atoms with Gasteiger partial charge in [-0.2, -0.15) is 0 Å². The molecule has 5 rings (SSSR count). The van der Waals surface area contributed by atoms with Crippen LogP contribution in [0.3, 0.4) is 0 Å². The van der Waals surface area contributed by atoms with Crippen LogP contribution in [0.2, 0.25) is 0 Å². The van der Waals surface area contributed by atoms with Gasteiger partial charge in [-0.25, -0.2) is 0 Å². The molecule has 1 fully saturated rings. The van der Waals surface area contributed by atoms with Crippen LogP contribution in [0.4, 0.5) is 0 Å². The molecule has 1 aliphatic heterocycles. The molecule has 1 saturated heterocycles. The zero-order chi connectivity index (χ0) is 24.3. The second-order valence-electron chi connectivity index (χ2n) is 9.28. The number of nitrogens with one attached hydrogen (secondary N) is 1. The van der Waals surface area contributed by atoms with Crippen molar-refractivity contribution in [3.05, 3.63) is 113 Å². The number of rotatable bonds is 7. The number of hydrogen-bond acceptors (Lipinski definition) is 4. The zero-order valence-electron chi connectivity index (χ0n) is 20.6. The maximum atomic E-state index is 10.1. The molecule has 0 radical (unpaired) electrons. The van der Waals surface area contributed by atoms with Crippen LogP contribution in [0, 0.1) is 0 Å². The fourth-order valence-corrected chi connectivity index (χ4v) is 4.32. The van der Waals surface area contributed by atoms with E-state index in [0.29, 0.717) is 6.61 Å². The molecule has 2 N–H and O–H groups in total. The van der Waals surface area contributed by atoms with E-state index in [9.17, 15) is 5.11 Å². The van der Waals surface area contributed by atoms with Crippen LogP contribution in [-0.4, -0.2) is 65.8 Å². The first-order chi connectivity index (χ1) is 17.2. The van der Waals surface area contributed by atoms with E-state index in [-0.39, 0.29) is 6.10 Å². The molecule has 3 aromatic rings. The number of likely N-dealkylation sites (N-methyl/N-ethyl adjacent to an activating group) is 1. The zero-order valence-corrected chi connectivity index (χ0v) is 20.6. The molecule has 1 unspecified atom stereocenters. The third kappa shape index (κ3) is 8.25. The van der Waals surface area contributed by atoms with E-state index < -0.39 is 0 Å². The number of aliphatic hydroxyl groups excluding tert-OH is 1. The van der Waals surface area contributed by atoms with E-state index in [4.69, 9.17) is 4.74 Å². The van der Waals surface area contributed by atoms with Crippen molar-refractivity contribution in [1.29, 1.82) is 0 Å². The summed E-state index contributed by atoms with van der Waals surface area (Å²) in [6.07, 6.45) is 9.60. The lowest BCUT2D eigenvalue weighted by Gasteiger charge is -2.33. The molecule has 0 spiro atoms. The van der Waals surface area contributed by atoms with E-state index in [2.05, 4.69) is 64.3 Å². The average Bonchev–Trinajstić information content (AvgIpc) is 3.25. The summed E-state index contributed by atoms with van der Waals surface area (Å²) in [6, 6.07) is 22.5. The van der Waals surface area contributed by atoms with Crippen LogP contribution in [0.5, 0.6) is 0 Å². The van der Waals surface area contributed by atoms with Gasteiger partial charge in [0.25, 0.3) is 0 Å². The van der Waals surface area contributed by atoms with Gasteiger partial charge >= 0.3 is 0 Å². The molecule has 35 heavy (non-hydrogen) atoms. The molecule has 0 bridgehead atoms. The molecule has 2 aromatic carbocycles. The number of fused-ring (bicyclic) bond motifs is 1. The normalized spacial score (nSPS) is 16.9. The molecule has 1 aromatic heterocycles. The lowest BCUT2D eigenvalue weighted by molar-refractivity contribution is 0.0807. The van der Waals surface area contributed by atoms with Crippen molar-refractivity contribution < 1.29 is 9.84 Å². The van der Waals surface area contributed by atoms with Crippen molar-refractivity contribution in [2.75, 3.05) is 39.8 Å². The van der Waals surface area contributed by atoms with E-state index >= 15 is 0 Å². The quantitative estimate of drug-likeness (QED) is 0.532. The molecule has 5 nitrogen and oxygen atoms in total. The summed E-state index contributed by atoms with van der Waals surface area (Å²) in [5.41, 5.74) is 4.89. The minimum absolute atomic E-state index is 0.249. The average molecular weight is 472 g/mol. The number of benzene rings is 2. The Morgan fingerprint density at radius 1 is 0.886 bits per heavy atom. The lowest BCUT2D eigenvalue weighted by atomic mass is 10.1. The van der Waals surface area contributed by atoms with Crippen molar-refractivity contribution >= 4 is 6.08 Å². The molecule has 0 saturated carbocycles. The van der Waals surface area contributed by atoms with Gasteiger partial charge < -0.3 is 19.7 Å². The number of aromatic amines is 1. The maximum absolute atomic E-state index is 10.1. The Hall–Kier alpha value is -3.12. The van der Waals surface area contributed by atoms with E-state index in [0.717, 1.165) is 51.3 Å². The van der Waals surface area contributed by atoms with E-state index in [1.54, 1.807) is 0 Å². The summed E-state index contributed by atoms with van der Waals surface area (Å²) in [7, 11) is 2.15. The second-order valence-corrected chi connectivity index (χ2v) is 9.28. The predicted molar refractivity (Wildman–Crippen MR) is 143 cm³/mol. The molecule has 184 valence electrons. The topological polar surface area (TPSA) is 51.7 Å².